The van der Waals surface area contributed by atoms with Crippen molar-refractivity contribution in [2.24, 2.45) is 0 Å². The highest BCUT2D eigenvalue weighted by Gasteiger charge is 2.14. The van der Waals surface area contributed by atoms with Crippen LogP contribution in [0, 0.1) is 11.3 Å². The van der Waals surface area contributed by atoms with Crippen molar-refractivity contribution in [3.8, 4) is 6.07 Å². The molecule has 3 N–H and O–H groups in total. The smallest absolute Gasteiger partial charge is 0.101 e. The lowest BCUT2D eigenvalue weighted by Gasteiger charge is -2.24. The SMILES string of the molecule is N#Cc1cccc(NC2CCSCC2)c1N. The van der Waals surface area contributed by atoms with Crippen LogP contribution in [-0.4, -0.2) is 17.5 Å². The standard InChI is InChI=1S/C12H15N3S/c13-8-9-2-1-3-11(12(9)14)15-10-4-6-16-7-5-10/h1-3,10,15H,4-7,14H2. The maximum absolute atomic E-state index is 8.89. The molecule has 16 heavy (non-hydrogen) atoms. The summed E-state index contributed by atoms with van der Waals surface area (Å²) in [5.41, 5.74) is 7.94. The van der Waals surface area contributed by atoms with Gasteiger partial charge in [0.2, 0.25) is 0 Å². The number of anilines is 2. The van der Waals surface area contributed by atoms with Crippen LogP contribution >= 0.6 is 11.8 Å². The predicted octanol–water partition coefficient (Wildman–Crippen LogP) is 2.45. The van der Waals surface area contributed by atoms with E-state index in [2.05, 4.69) is 11.4 Å². The zero-order chi connectivity index (χ0) is 11.4. The summed E-state index contributed by atoms with van der Waals surface area (Å²) >= 11 is 2.00. The van der Waals surface area contributed by atoms with E-state index in [9.17, 15) is 0 Å². The summed E-state index contributed by atoms with van der Waals surface area (Å²) in [6, 6.07) is 8.16. The van der Waals surface area contributed by atoms with Crippen molar-refractivity contribution < 1.29 is 0 Å². The predicted molar refractivity (Wildman–Crippen MR) is 69.5 cm³/mol. The van der Waals surface area contributed by atoms with Gasteiger partial charge in [-0.3, -0.25) is 0 Å². The summed E-state index contributed by atoms with van der Waals surface area (Å²) in [5, 5.41) is 12.3. The molecular formula is C12H15N3S. The summed E-state index contributed by atoms with van der Waals surface area (Å²) < 4.78 is 0. The van der Waals surface area contributed by atoms with Crippen LogP contribution < -0.4 is 11.1 Å². The molecule has 1 saturated heterocycles. The Bertz CT molecular complexity index is 405. The molecule has 4 heteroatoms. The minimum absolute atomic E-state index is 0.498. The lowest BCUT2D eigenvalue weighted by molar-refractivity contribution is 0.667. The number of nitrogen functional groups attached to an aromatic ring is 1. The number of benzene rings is 1. The quantitative estimate of drug-likeness (QED) is 0.770. The summed E-state index contributed by atoms with van der Waals surface area (Å²) in [5.74, 6) is 2.41. The highest BCUT2D eigenvalue weighted by atomic mass is 32.2. The van der Waals surface area contributed by atoms with Gasteiger partial charge in [0.05, 0.1) is 16.9 Å². The van der Waals surface area contributed by atoms with Crippen molar-refractivity contribution >= 4 is 23.1 Å². The Labute approximate surface area is 100 Å². The fourth-order valence-electron chi connectivity index (χ4n) is 1.85. The normalized spacial score (nSPS) is 16.7. The first kappa shape index (κ1) is 11.2. The van der Waals surface area contributed by atoms with Gasteiger partial charge in [0, 0.05) is 6.04 Å². The summed E-state index contributed by atoms with van der Waals surface area (Å²) in [4.78, 5) is 0. The number of rotatable bonds is 2. The van der Waals surface area contributed by atoms with Crippen LogP contribution in [0.15, 0.2) is 18.2 Å². The van der Waals surface area contributed by atoms with E-state index >= 15 is 0 Å². The summed E-state index contributed by atoms with van der Waals surface area (Å²) in [7, 11) is 0. The Morgan fingerprint density at radius 1 is 1.38 bits per heavy atom. The molecule has 84 valence electrons. The fourth-order valence-corrected chi connectivity index (χ4v) is 2.96. The van der Waals surface area contributed by atoms with Crippen LogP contribution in [0.2, 0.25) is 0 Å². The first-order valence-electron chi connectivity index (χ1n) is 5.44. The van der Waals surface area contributed by atoms with Gasteiger partial charge in [-0.05, 0) is 36.5 Å². The zero-order valence-corrected chi connectivity index (χ0v) is 9.89. The molecule has 1 heterocycles. The van der Waals surface area contributed by atoms with Crippen molar-refractivity contribution in [3.05, 3.63) is 23.8 Å². The van der Waals surface area contributed by atoms with Gasteiger partial charge in [0.1, 0.15) is 6.07 Å². The molecule has 0 aliphatic carbocycles. The number of nitriles is 1. The van der Waals surface area contributed by atoms with E-state index < -0.39 is 0 Å². The van der Waals surface area contributed by atoms with E-state index in [0.29, 0.717) is 17.3 Å². The summed E-state index contributed by atoms with van der Waals surface area (Å²) in [6.07, 6.45) is 2.34. The zero-order valence-electron chi connectivity index (χ0n) is 9.07. The molecule has 1 aliphatic heterocycles. The second-order valence-corrected chi connectivity index (χ2v) is 5.13. The second-order valence-electron chi connectivity index (χ2n) is 3.91. The third-order valence-electron chi connectivity index (χ3n) is 2.81. The van der Waals surface area contributed by atoms with Gasteiger partial charge in [-0.2, -0.15) is 17.0 Å². The molecule has 0 spiro atoms. The number of para-hydroxylation sites is 1. The maximum atomic E-state index is 8.89. The van der Waals surface area contributed by atoms with Crippen LogP contribution in [0.3, 0.4) is 0 Å². The van der Waals surface area contributed by atoms with Gasteiger partial charge in [-0.25, -0.2) is 0 Å². The molecule has 0 atom stereocenters. The Hall–Kier alpha value is -1.34. The van der Waals surface area contributed by atoms with E-state index in [1.807, 2.05) is 23.9 Å². The largest absolute Gasteiger partial charge is 0.396 e. The first-order chi connectivity index (χ1) is 7.81. The van der Waals surface area contributed by atoms with Crippen molar-refractivity contribution in [1.82, 2.24) is 0 Å². The van der Waals surface area contributed by atoms with Gasteiger partial charge < -0.3 is 11.1 Å². The Balaban J connectivity index is 2.12. The van der Waals surface area contributed by atoms with Gasteiger partial charge in [0.25, 0.3) is 0 Å². The lowest BCUT2D eigenvalue weighted by Crippen LogP contribution is -2.25. The minimum Gasteiger partial charge on any atom is -0.396 e. The lowest BCUT2D eigenvalue weighted by atomic mass is 10.1. The van der Waals surface area contributed by atoms with Gasteiger partial charge in [-0.1, -0.05) is 6.07 Å². The van der Waals surface area contributed by atoms with E-state index in [4.69, 9.17) is 11.0 Å². The van der Waals surface area contributed by atoms with Crippen LogP contribution in [0.25, 0.3) is 0 Å². The molecule has 0 radical (unpaired) electrons. The Morgan fingerprint density at radius 2 is 2.12 bits per heavy atom. The van der Waals surface area contributed by atoms with Crippen molar-refractivity contribution in [3.63, 3.8) is 0 Å². The Kier molecular flexibility index (Phi) is 3.58. The molecule has 0 aromatic heterocycles. The molecule has 1 fully saturated rings. The van der Waals surface area contributed by atoms with Gasteiger partial charge in [-0.15, -0.1) is 0 Å². The van der Waals surface area contributed by atoms with E-state index in [1.165, 1.54) is 24.3 Å². The maximum Gasteiger partial charge on any atom is 0.101 e. The molecule has 1 aromatic carbocycles. The molecule has 0 unspecified atom stereocenters. The molecule has 3 nitrogen and oxygen atoms in total. The monoisotopic (exact) mass is 233 g/mol. The molecule has 0 saturated carbocycles. The van der Waals surface area contributed by atoms with E-state index in [0.717, 1.165) is 5.69 Å². The van der Waals surface area contributed by atoms with Crippen LogP contribution in [0.5, 0.6) is 0 Å². The number of nitrogens with zero attached hydrogens (tertiary/aromatic N) is 1. The number of hydrogen-bond donors (Lipinski definition) is 2. The van der Waals surface area contributed by atoms with Crippen LogP contribution in [0.4, 0.5) is 11.4 Å². The van der Waals surface area contributed by atoms with Crippen molar-refractivity contribution in [2.75, 3.05) is 22.6 Å². The molecule has 0 bridgehead atoms. The highest BCUT2D eigenvalue weighted by molar-refractivity contribution is 7.99. The number of nitrogens with two attached hydrogens (primary N) is 1. The van der Waals surface area contributed by atoms with Crippen molar-refractivity contribution in [2.45, 2.75) is 18.9 Å². The average molecular weight is 233 g/mol. The first-order valence-corrected chi connectivity index (χ1v) is 6.59. The molecular weight excluding hydrogens is 218 g/mol. The third-order valence-corrected chi connectivity index (χ3v) is 3.86. The number of thioether (sulfide) groups is 1. The van der Waals surface area contributed by atoms with Gasteiger partial charge >= 0.3 is 0 Å². The molecule has 1 aliphatic rings. The van der Waals surface area contributed by atoms with Crippen LogP contribution in [0.1, 0.15) is 18.4 Å². The summed E-state index contributed by atoms with van der Waals surface area (Å²) in [6.45, 7) is 0. The second kappa shape index (κ2) is 5.13. The van der Waals surface area contributed by atoms with Crippen molar-refractivity contribution in [1.29, 1.82) is 5.26 Å². The molecule has 0 amide bonds. The minimum atomic E-state index is 0.498. The Morgan fingerprint density at radius 3 is 2.81 bits per heavy atom. The van der Waals surface area contributed by atoms with E-state index in [1.54, 1.807) is 6.07 Å². The number of hydrogen-bond acceptors (Lipinski definition) is 4. The molecule has 2 rings (SSSR count). The van der Waals surface area contributed by atoms with Gasteiger partial charge in [0.15, 0.2) is 0 Å². The number of nitrogens with one attached hydrogen (secondary N) is 1. The molecule has 1 aromatic rings. The fraction of sp³-hybridized carbons (Fsp3) is 0.417. The van der Waals surface area contributed by atoms with Crippen LogP contribution in [-0.2, 0) is 0 Å². The van der Waals surface area contributed by atoms with E-state index in [-0.39, 0.29) is 0 Å². The average Bonchev–Trinajstić information content (AvgIpc) is 2.33. The topological polar surface area (TPSA) is 61.8 Å². The highest BCUT2D eigenvalue weighted by Crippen LogP contribution is 2.26. The third kappa shape index (κ3) is 2.42.